The molecule has 0 amide bonds. The van der Waals surface area contributed by atoms with Gasteiger partial charge in [-0.15, -0.1) is 24.6 Å². The van der Waals surface area contributed by atoms with Gasteiger partial charge in [0.05, 0.1) is 0 Å². The van der Waals surface area contributed by atoms with E-state index >= 15 is 0 Å². The van der Waals surface area contributed by atoms with Crippen molar-refractivity contribution in [3.8, 4) is 12.8 Å². The highest BCUT2D eigenvalue weighted by atomic mass is 32.2. The van der Waals surface area contributed by atoms with Crippen LogP contribution < -0.4 is 0 Å². The smallest absolute Gasteiger partial charge is 0.00746 e. The van der Waals surface area contributed by atoms with Crippen molar-refractivity contribution >= 4 is 11.8 Å². The summed E-state index contributed by atoms with van der Waals surface area (Å²) in [5.41, 5.74) is 1.36. The summed E-state index contributed by atoms with van der Waals surface area (Å²) in [6.07, 6.45) is 10.5. The number of benzene rings is 1. The SMILES string of the molecule is C#C.CCC.CCC(C)CSc1cccc(C)c1. The third kappa shape index (κ3) is 11.6. The largest absolute Gasteiger partial charge is 0.126 e. The first-order valence-corrected chi connectivity index (χ1v) is 7.65. The van der Waals surface area contributed by atoms with Crippen molar-refractivity contribution in [2.24, 2.45) is 5.92 Å². The van der Waals surface area contributed by atoms with Gasteiger partial charge in [0.15, 0.2) is 0 Å². The van der Waals surface area contributed by atoms with Crippen molar-refractivity contribution in [1.82, 2.24) is 0 Å². The van der Waals surface area contributed by atoms with Crippen LogP contribution in [0, 0.1) is 25.7 Å². The van der Waals surface area contributed by atoms with E-state index < -0.39 is 0 Å². The number of rotatable bonds is 4. The molecule has 0 aliphatic heterocycles. The summed E-state index contributed by atoms with van der Waals surface area (Å²) in [7, 11) is 0. The van der Waals surface area contributed by atoms with Crippen LogP contribution in [0.5, 0.6) is 0 Å². The molecular weight excluding hydrogens is 236 g/mol. The standard InChI is InChI=1S/C12H18S.C3H8.C2H2/c1-4-10(2)9-13-12-7-5-6-11(3)8-12;1-3-2;1-2/h5-8,10H,4,9H2,1-3H3;3H2,1-2H3;1-2H. The van der Waals surface area contributed by atoms with Crippen molar-refractivity contribution in [3.05, 3.63) is 29.8 Å². The molecule has 0 radical (unpaired) electrons. The molecule has 1 aromatic carbocycles. The Morgan fingerprint density at radius 1 is 1.17 bits per heavy atom. The Morgan fingerprint density at radius 2 is 1.72 bits per heavy atom. The molecule has 102 valence electrons. The molecule has 0 aliphatic carbocycles. The monoisotopic (exact) mass is 264 g/mol. The molecule has 1 unspecified atom stereocenters. The minimum absolute atomic E-state index is 0.825. The van der Waals surface area contributed by atoms with Crippen molar-refractivity contribution in [3.63, 3.8) is 0 Å². The van der Waals surface area contributed by atoms with E-state index in [0.717, 1.165) is 5.92 Å². The molecule has 0 N–H and O–H groups in total. The van der Waals surface area contributed by atoms with E-state index in [1.165, 1.54) is 29.1 Å². The predicted molar refractivity (Wildman–Crippen MR) is 87.2 cm³/mol. The highest BCUT2D eigenvalue weighted by Gasteiger charge is 1.99. The van der Waals surface area contributed by atoms with Crippen LogP contribution >= 0.6 is 11.8 Å². The topological polar surface area (TPSA) is 0 Å². The molecule has 18 heavy (non-hydrogen) atoms. The van der Waals surface area contributed by atoms with Crippen LogP contribution in [0.1, 0.15) is 46.1 Å². The Kier molecular flexibility index (Phi) is 15.4. The van der Waals surface area contributed by atoms with Gasteiger partial charge in [0.2, 0.25) is 0 Å². The summed E-state index contributed by atoms with van der Waals surface area (Å²) in [5, 5.41) is 0. The second-order valence-corrected chi connectivity index (χ2v) is 5.44. The van der Waals surface area contributed by atoms with E-state index in [9.17, 15) is 0 Å². The van der Waals surface area contributed by atoms with Crippen LogP contribution in [-0.4, -0.2) is 5.75 Å². The molecule has 1 rings (SSSR count). The molecule has 0 aromatic heterocycles. The van der Waals surface area contributed by atoms with Crippen LogP contribution in [0.3, 0.4) is 0 Å². The van der Waals surface area contributed by atoms with Gasteiger partial charge in [0.1, 0.15) is 0 Å². The zero-order chi connectivity index (χ0) is 14.4. The summed E-state index contributed by atoms with van der Waals surface area (Å²) in [6.45, 7) is 11.0. The maximum Gasteiger partial charge on any atom is 0.00746 e. The fraction of sp³-hybridized carbons (Fsp3) is 0.529. The van der Waals surface area contributed by atoms with Crippen LogP contribution in [-0.2, 0) is 0 Å². The molecule has 1 aromatic rings. The first kappa shape index (κ1) is 19.5. The third-order valence-corrected chi connectivity index (χ3v) is 3.54. The average molecular weight is 264 g/mol. The van der Waals surface area contributed by atoms with E-state index in [4.69, 9.17) is 0 Å². The summed E-state index contributed by atoms with van der Waals surface area (Å²) < 4.78 is 0. The van der Waals surface area contributed by atoms with Crippen molar-refractivity contribution in [2.75, 3.05) is 5.75 Å². The van der Waals surface area contributed by atoms with Gasteiger partial charge in [0, 0.05) is 10.6 Å². The molecule has 1 atom stereocenters. The van der Waals surface area contributed by atoms with E-state index in [2.05, 4.69) is 71.7 Å². The quantitative estimate of drug-likeness (QED) is 0.489. The Balaban J connectivity index is 0. The summed E-state index contributed by atoms with van der Waals surface area (Å²) >= 11 is 1.97. The lowest BCUT2D eigenvalue weighted by Crippen LogP contribution is -1.94. The van der Waals surface area contributed by atoms with E-state index in [1.807, 2.05) is 11.8 Å². The van der Waals surface area contributed by atoms with Crippen LogP contribution in [0.15, 0.2) is 29.2 Å². The van der Waals surface area contributed by atoms with Gasteiger partial charge in [-0.3, -0.25) is 0 Å². The fourth-order valence-electron chi connectivity index (χ4n) is 1.06. The Morgan fingerprint density at radius 3 is 2.17 bits per heavy atom. The number of thioether (sulfide) groups is 1. The van der Waals surface area contributed by atoms with E-state index in [1.54, 1.807) is 0 Å². The Hall–Kier alpha value is -0.870. The summed E-state index contributed by atoms with van der Waals surface area (Å²) in [4.78, 5) is 1.40. The van der Waals surface area contributed by atoms with Gasteiger partial charge in [-0.25, -0.2) is 0 Å². The first-order valence-electron chi connectivity index (χ1n) is 6.66. The molecule has 1 heteroatoms. The first-order chi connectivity index (χ1) is 8.63. The average Bonchev–Trinajstić information content (AvgIpc) is 2.39. The van der Waals surface area contributed by atoms with Crippen molar-refractivity contribution < 1.29 is 0 Å². The molecule has 0 spiro atoms. The lowest BCUT2D eigenvalue weighted by molar-refractivity contribution is 0.637. The summed E-state index contributed by atoms with van der Waals surface area (Å²) in [6, 6.07) is 8.73. The molecule has 0 bridgehead atoms. The lowest BCUT2D eigenvalue weighted by atomic mass is 10.2. The maximum absolute atomic E-state index is 4.00. The minimum atomic E-state index is 0.825. The number of terminal acetylenes is 1. The maximum atomic E-state index is 4.00. The zero-order valence-corrected chi connectivity index (χ0v) is 13.4. The second kappa shape index (κ2) is 14.2. The number of hydrogen-bond acceptors (Lipinski definition) is 1. The van der Waals surface area contributed by atoms with Gasteiger partial charge >= 0.3 is 0 Å². The summed E-state index contributed by atoms with van der Waals surface area (Å²) in [5.74, 6) is 2.06. The van der Waals surface area contributed by atoms with Gasteiger partial charge in [0.25, 0.3) is 0 Å². The molecule has 0 saturated carbocycles. The minimum Gasteiger partial charge on any atom is -0.126 e. The van der Waals surface area contributed by atoms with E-state index in [-0.39, 0.29) is 0 Å². The number of aryl methyl sites for hydroxylation is 1. The van der Waals surface area contributed by atoms with Crippen molar-refractivity contribution in [1.29, 1.82) is 0 Å². The zero-order valence-electron chi connectivity index (χ0n) is 12.6. The molecular formula is C17H28S. The van der Waals surface area contributed by atoms with Gasteiger partial charge in [-0.2, -0.15) is 0 Å². The normalized spacial score (nSPS) is 10.4. The van der Waals surface area contributed by atoms with Crippen LogP contribution in [0.4, 0.5) is 0 Å². The Bertz CT molecular complexity index is 301. The molecule has 0 nitrogen and oxygen atoms in total. The van der Waals surface area contributed by atoms with Crippen LogP contribution in [0.25, 0.3) is 0 Å². The molecule has 0 heterocycles. The highest BCUT2D eigenvalue weighted by Crippen LogP contribution is 2.22. The van der Waals surface area contributed by atoms with Crippen molar-refractivity contribution in [2.45, 2.75) is 52.4 Å². The molecule has 0 fully saturated rings. The van der Waals surface area contributed by atoms with Gasteiger partial charge in [-0.05, 0) is 25.0 Å². The highest BCUT2D eigenvalue weighted by molar-refractivity contribution is 7.99. The van der Waals surface area contributed by atoms with Crippen LogP contribution in [0.2, 0.25) is 0 Å². The molecule has 0 saturated heterocycles. The lowest BCUT2D eigenvalue weighted by Gasteiger charge is -2.07. The Labute approximate surface area is 119 Å². The number of hydrogen-bond donors (Lipinski definition) is 0. The third-order valence-electron chi connectivity index (χ3n) is 2.22. The molecule has 0 aliphatic rings. The predicted octanol–water partition coefficient (Wildman–Crippen LogP) is 5.80. The fourth-order valence-corrected chi connectivity index (χ4v) is 2.22. The van der Waals surface area contributed by atoms with Gasteiger partial charge in [-0.1, -0.05) is 58.2 Å². The van der Waals surface area contributed by atoms with Gasteiger partial charge < -0.3 is 0 Å². The second-order valence-electron chi connectivity index (χ2n) is 4.35. The van der Waals surface area contributed by atoms with E-state index in [0.29, 0.717) is 0 Å².